The van der Waals surface area contributed by atoms with Crippen LogP contribution in [-0.2, 0) is 4.79 Å². The molecule has 3 heteroatoms. The smallest absolute Gasteiger partial charge is 0.163 e. The van der Waals surface area contributed by atoms with Crippen molar-refractivity contribution in [2.45, 2.75) is 12.8 Å². The lowest BCUT2D eigenvalue weighted by Crippen LogP contribution is -2.24. The van der Waals surface area contributed by atoms with E-state index in [0.29, 0.717) is 0 Å². The Hall–Kier alpha value is -1.48. The maximum absolute atomic E-state index is 13.1. The van der Waals surface area contributed by atoms with E-state index in [1.807, 2.05) is 31.1 Å². The summed E-state index contributed by atoms with van der Waals surface area (Å²) in [4.78, 5) is 14.2. The van der Waals surface area contributed by atoms with Crippen molar-refractivity contribution in [2.75, 3.05) is 20.6 Å². The molecule has 0 bridgehead atoms. The third-order valence-electron chi connectivity index (χ3n) is 3.22. The molecule has 0 spiro atoms. The molecule has 0 radical (unpaired) electrons. The van der Waals surface area contributed by atoms with Gasteiger partial charge in [0, 0.05) is 12.5 Å². The zero-order valence-electron chi connectivity index (χ0n) is 10.8. The first-order valence-electron chi connectivity index (χ1n) is 6.21. The minimum atomic E-state index is -0.264. The van der Waals surface area contributed by atoms with E-state index in [0.717, 1.165) is 30.5 Å². The van der Waals surface area contributed by atoms with Crippen LogP contribution in [-0.4, -0.2) is 31.3 Å². The molecule has 1 saturated carbocycles. The molecule has 1 aromatic rings. The van der Waals surface area contributed by atoms with E-state index < -0.39 is 0 Å². The number of ketones is 1. The fourth-order valence-corrected chi connectivity index (χ4v) is 2.40. The molecule has 0 saturated heterocycles. The van der Waals surface area contributed by atoms with Crippen molar-refractivity contribution in [3.63, 3.8) is 0 Å². The molecule has 1 aromatic carbocycles. The number of halogens is 1. The van der Waals surface area contributed by atoms with Gasteiger partial charge in [0.05, 0.1) is 0 Å². The lowest BCUT2D eigenvalue weighted by molar-refractivity contribution is -0.118. The summed E-state index contributed by atoms with van der Waals surface area (Å²) in [6.07, 6.45) is 3.52. The SMILES string of the molecule is CN(C)CC1CCC(=Cc2cccc(F)c2)C1=O. The van der Waals surface area contributed by atoms with Crippen molar-refractivity contribution in [3.05, 3.63) is 41.2 Å². The van der Waals surface area contributed by atoms with Gasteiger partial charge in [-0.25, -0.2) is 4.39 Å². The minimum absolute atomic E-state index is 0.0970. The normalized spacial score (nSPS) is 22.1. The molecule has 1 unspecified atom stereocenters. The summed E-state index contributed by atoms with van der Waals surface area (Å²) in [5, 5.41) is 0. The molecule has 2 rings (SSSR count). The maximum Gasteiger partial charge on any atom is 0.163 e. The molecule has 0 aliphatic heterocycles. The van der Waals surface area contributed by atoms with Gasteiger partial charge in [-0.2, -0.15) is 0 Å². The molecule has 1 aliphatic carbocycles. The molecule has 1 fully saturated rings. The Morgan fingerprint density at radius 3 is 2.89 bits per heavy atom. The van der Waals surface area contributed by atoms with Crippen LogP contribution in [0, 0.1) is 11.7 Å². The number of benzene rings is 1. The van der Waals surface area contributed by atoms with E-state index in [4.69, 9.17) is 0 Å². The highest BCUT2D eigenvalue weighted by molar-refractivity contribution is 6.03. The average molecular weight is 247 g/mol. The zero-order valence-corrected chi connectivity index (χ0v) is 10.8. The van der Waals surface area contributed by atoms with Gasteiger partial charge in [-0.1, -0.05) is 12.1 Å². The first-order valence-corrected chi connectivity index (χ1v) is 6.21. The summed E-state index contributed by atoms with van der Waals surface area (Å²) in [5.41, 5.74) is 1.59. The summed E-state index contributed by atoms with van der Waals surface area (Å²) in [6, 6.07) is 6.36. The number of nitrogens with zero attached hydrogens (tertiary/aromatic N) is 1. The second-order valence-electron chi connectivity index (χ2n) is 5.09. The highest BCUT2D eigenvalue weighted by Crippen LogP contribution is 2.28. The standard InChI is InChI=1S/C15H18FNO/c1-17(2)10-13-7-6-12(15(13)18)8-11-4-3-5-14(16)9-11/h3-5,8-9,13H,6-7,10H2,1-2H3. The Morgan fingerprint density at radius 1 is 1.44 bits per heavy atom. The van der Waals surface area contributed by atoms with Gasteiger partial charge in [-0.05, 0) is 56.3 Å². The van der Waals surface area contributed by atoms with Crippen molar-refractivity contribution < 1.29 is 9.18 Å². The van der Waals surface area contributed by atoms with E-state index in [1.54, 1.807) is 6.07 Å². The lowest BCUT2D eigenvalue weighted by Gasteiger charge is -2.13. The number of Topliss-reactive ketones (excluding diaryl/α,β-unsaturated/α-hetero) is 1. The van der Waals surface area contributed by atoms with Gasteiger partial charge in [0.15, 0.2) is 5.78 Å². The third kappa shape index (κ3) is 3.05. The van der Waals surface area contributed by atoms with Crippen molar-refractivity contribution in [1.82, 2.24) is 4.90 Å². The van der Waals surface area contributed by atoms with Crippen LogP contribution >= 0.6 is 0 Å². The quantitative estimate of drug-likeness (QED) is 0.765. The lowest BCUT2D eigenvalue weighted by atomic mass is 10.0. The molecule has 1 aliphatic rings. The average Bonchev–Trinajstić information content (AvgIpc) is 2.61. The largest absolute Gasteiger partial charge is 0.309 e. The minimum Gasteiger partial charge on any atom is -0.309 e. The number of hydrogen-bond donors (Lipinski definition) is 0. The molecular weight excluding hydrogens is 229 g/mol. The molecule has 1 atom stereocenters. The highest BCUT2D eigenvalue weighted by atomic mass is 19.1. The van der Waals surface area contributed by atoms with E-state index in [2.05, 4.69) is 0 Å². The second kappa shape index (κ2) is 5.44. The molecule has 0 aromatic heterocycles. The summed E-state index contributed by atoms with van der Waals surface area (Å²) >= 11 is 0. The zero-order chi connectivity index (χ0) is 13.1. The molecule has 18 heavy (non-hydrogen) atoms. The van der Waals surface area contributed by atoms with Gasteiger partial charge in [0.1, 0.15) is 5.82 Å². The third-order valence-corrected chi connectivity index (χ3v) is 3.22. The Morgan fingerprint density at radius 2 is 2.22 bits per heavy atom. The Kier molecular flexibility index (Phi) is 3.92. The van der Waals surface area contributed by atoms with E-state index >= 15 is 0 Å². The van der Waals surface area contributed by atoms with E-state index in [-0.39, 0.29) is 17.5 Å². The fourth-order valence-electron chi connectivity index (χ4n) is 2.40. The molecule has 0 N–H and O–H groups in total. The van der Waals surface area contributed by atoms with Crippen LogP contribution in [0.4, 0.5) is 4.39 Å². The second-order valence-corrected chi connectivity index (χ2v) is 5.09. The molecule has 2 nitrogen and oxygen atoms in total. The summed E-state index contributed by atoms with van der Waals surface area (Å²) in [5.74, 6) is 0.0485. The monoisotopic (exact) mass is 247 g/mol. The van der Waals surface area contributed by atoms with Crippen molar-refractivity contribution in [3.8, 4) is 0 Å². The predicted molar refractivity (Wildman–Crippen MR) is 70.7 cm³/mol. The first kappa shape index (κ1) is 13.0. The Labute approximate surface area is 107 Å². The van der Waals surface area contributed by atoms with Crippen LogP contribution < -0.4 is 0 Å². The van der Waals surface area contributed by atoms with Crippen LogP contribution in [0.5, 0.6) is 0 Å². The van der Waals surface area contributed by atoms with Gasteiger partial charge in [0.2, 0.25) is 0 Å². The number of hydrogen-bond acceptors (Lipinski definition) is 2. The molecule has 0 amide bonds. The van der Waals surface area contributed by atoms with Gasteiger partial charge >= 0.3 is 0 Å². The molecular formula is C15H18FNO. The van der Waals surface area contributed by atoms with Gasteiger partial charge < -0.3 is 4.90 Å². The Bertz CT molecular complexity index is 479. The number of carbonyl (C=O) groups excluding carboxylic acids is 1. The number of carbonyl (C=O) groups is 1. The molecule has 0 heterocycles. The van der Waals surface area contributed by atoms with Crippen LogP contribution in [0.2, 0.25) is 0 Å². The van der Waals surface area contributed by atoms with E-state index in [9.17, 15) is 9.18 Å². The topological polar surface area (TPSA) is 20.3 Å². The first-order chi connectivity index (χ1) is 8.56. The van der Waals surface area contributed by atoms with Crippen molar-refractivity contribution in [2.24, 2.45) is 5.92 Å². The Balaban J connectivity index is 2.13. The van der Waals surface area contributed by atoms with Crippen LogP contribution in [0.3, 0.4) is 0 Å². The van der Waals surface area contributed by atoms with Crippen molar-refractivity contribution in [1.29, 1.82) is 0 Å². The molecule has 96 valence electrons. The summed E-state index contributed by atoms with van der Waals surface area (Å²) < 4.78 is 13.1. The highest BCUT2D eigenvalue weighted by Gasteiger charge is 2.29. The number of rotatable bonds is 3. The summed E-state index contributed by atoms with van der Waals surface area (Å²) in [6.45, 7) is 0.791. The van der Waals surface area contributed by atoms with Crippen LogP contribution in [0.25, 0.3) is 6.08 Å². The van der Waals surface area contributed by atoms with Crippen LogP contribution in [0.1, 0.15) is 18.4 Å². The van der Waals surface area contributed by atoms with E-state index in [1.165, 1.54) is 12.1 Å². The van der Waals surface area contributed by atoms with Gasteiger partial charge in [-0.15, -0.1) is 0 Å². The van der Waals surface area contributed by atoms with Crippen molar-refractivity contribution >= 4 is 11.9 Å². The maximum atomic E-state index is 13.1. The van der Waals surface area contributed by atoms with Gasteiger partial charge in [-0.3, -0.25) is 4.79 Å². The van der Waals surface area contributed by atoms with Gasteiger partial charge in [0.25, 0.3) is 0 Å². The fraction of sp³-hybridized carbons (Fsp3) is 0.400. The number of allylic oxidation sites excluding steroid dienone is 1. The predicted octanol–water partition coefficient (Wildman–Crippen LogP) is 2.75. The van der Waals surface area contributed by atoms with Crippen LogP contribution in [0.15, 0.2) is 29.8 Å². The summed E-state index contributed by atoms with van der Waals surface area (Å²) in [7, 11) is 3.95.